The van der Waals surface area contributed by atoms with Crippen molar-refractivity contribution >= 4 is 5.69 Å². The van der Waals surface area contributed by atoms with E-state index in [4.69, 9.17) is 9.84 Å². The fourth-order valence-electron chi connectivity index (χ4n) is 2.81. The molecule has 0 fully saturated rings. The molecule has 1 aliphatic rings. The van der Waals surface area contributed by atoms with Crippen LogP contribution in [0.1, 0.15) is 37.4 Å². The number of ether oxygens (including phenoxy) is 1. The molecule has 0 saturated heterocycles. The van der Waals surface area contributed by atoms with Crippen LogP contribution in [0.4, 0.5) is 5.69 Å². The maximum atomic E-state index is 8.72. The number of rotatable bonds is 9. The number of nitrogens with zero attached hydrogens (tertiary/aromatic N) is 1. The maximum absolute atomic E-state index is 8.72. The SMILES string of the molecule is CCCNC(C)c1ccc2c(c1)CCN2CCOCCO. The summed E-state index contributed by atoms with van der Waals surface area (Å²) in [6.07, 6.45) is 2.28. The van der Waals surface area contributed by atoms with Crippen molar-refractivity contribution in [2.24, 2.45) is 0 Å². The Labute approximate surface area is 128 Å². The summed E-state index contributed by atoms with van der Waals surface area (Å²) in [5.74, 6) is 0. The standard InChI is InChI=1S/C17H28N2O2/c1-3-7-18-14(2)15-4-5-17-16(13-15)6-8-19(17)9-11-21-12-10-20/h4-5,13-14,18,20H,3,6-12H2,1-2H3. The first-order chi connectivity index (χ1) is 10.3. The first-order valence-corrected chi connectivity index (χ1v) is 8.06. The molecule has 0 aliphatic carbocycles. The van der Waals surface area contributed by atoms with Gasteiger partial charge in [-0.1, -0.05) is 19.1 Å². The van der Waals surface area contributed by atoms with E-state index in [0.29, 0.717) is 19.3 Å². The summed E-state index contributed by atoms with van der Waals surface area (Å²) in [7, 11) is 0. The third-order valence-electron chi connectivity index (χ3n) is 4.04. The average molecular weight is 292 g/mol. The number of hydrogen-bond donors (Lipinski definition) is 2. The second kappa shape index (κ2) is 8.37. The van der Waals surface area contributed by atoms with Gasteiger partial charge in [-0.3, -0.25) is 0 Å². The number of fused-ring (bicyclic) bond motifs is 1. The van der Waals surface area contributed by atoms with Crippen LogP contribution in [0.5, 0.6) is 0 Å². The second-order valence-electron chi connectivity index (χ2n) is 5.64. The average Bonchev–Trinajstić information content (AvgIpc) is 2.91. The fraction of sp³-hybridized carbons (Fsp3) is 0.647. The lowest BCUT2D eigenvalue weighted by Crippen LogP contribution is -2.25. The van der Waals surface area contributed by atoms with Gasteiger partial charge in [-0.15, -0.1) is 0 Å². The van der Waals surface area contributed by atoms with Crippen LogP contribution in [-0.4, -0.2) is 44.6 Å². The largest absolute Gasteiger partial charge is 0.394 e. The summed E-state index contributed by atoms with van der Waals surface area (Å²) in [4.78, 5) is 2.38. The van der Waals surface area contributed by atoms with Crippen LogP contribution in [0.15, 0.2) is 18.2 Å². The highest BCUT2D eigenvalue weighted by Gasteiger charge is 2.19. The van der Waals surface area contributed by atoms with Gasteiger partial charge in [0.25, 0.3) is 0 Å². The minimum Gasteiger partial charge on any atom is -0.394 e. The Balaban J connectivity index is 1.93. The van der Waals surface area contributed by atoms with E-state index >= 15 is 0 Å². The molecular weight excluding hydrogens is 264 g/mol. The van der Waals surface area contributed by atoms with Crippen LogP contribution in [0, 0.1) is 0 Å². The molecule has 0 radical (unpaired) electrons. The van der Waals surface area contributed by atoms with Gasteiger partial charge < -0.3 is 20.1 Å². The lowest BCUT2D eigenvalue weighted by Gasteiger charge is -2.20. The molecule has 1 aromatic carbocycles. The number of benzene rings is 1. The molecule has 0 aromatic heterocycles. The third kappa shape index (κ3) is 4.43. The van der Waals surface area contributed by atoms with Crippen LogP contribution in [-0.2, 0) is 11.2 Å². The zero-order valence-electron chi connectivity index (χ0n) is 13.3. The highest BCUT2D eigenvalue weighted by molar-refractivity contribution is 5.59. The van der Waals surface area contributed by atoms with Gasteiger partial charge in [-0.2, -0.15) is 0 Å². The summed E-state index contributed by atoms with van der Waals surface area (Å²) < 4.78 is 5.36. The number of hydrogen-bond acceptors (Lipinski definition) is 4. The molecule has 1 atom stereocenters. The molecule has 4 nitrogen and oxygen atoms in total. The van der Waals surface area contributed by atoms with Crippen LogP contribution >= 0.6 is 0 Å². The molecule has 0 spiro atoms. The fourth-order valence-corrected chi connectivity index (χ4v) is 2.81. The second-order valence-corrected chi connectivity index (χ2v) is 5.64. The van der Waals surface area contributed by atoms with Gasteiger partial charge in [0.15, 0.2) is 0 Å². The van der Waals surface area contributed by atoms with Gasteiger partial charge in [-0.25, -0.2) is 0 Å². The van der Waals surface area contributed by atoms with Crippen molar-refractivity contribution in [2.75, 3.05) is 44.4 Å². The van der Waals surface area contributed by atoms with Gasteiger partial charge in [0, 0.05) is 24.8 Å². The summed E-state index contributed by atoms with van der Waals surface area (Å²) in [5.41, 5.74) is 4.16. The molecule has 0 amide bonds. The Kier molecular flexibility index (Phi) is 6.49. The highest BCUT2D eigenvalue weighted by Crippen LogP contribution is 2.30. The monoisotopic (exact) mass is 292 g/mol. The van der Waals surface area contributed by atoms with Crippen molar-refractivity contribution in [3.63, 3.8) is 0 Å². The lowest BCUT2D eigenvalue weighted by molar-refractivity contribution is 0.0968. The first-order valence-electron chi connectivity index (χ1n) is 8.06. The molecule has 2 N–H and O–H groups in total. The van der Waals surface area contributed by atoms with Crippen molar-refractivity contribution in [1.29, 1.82) is 0 Å². The minimum absolute atomic E-state index is 0.0998. The summed E-state index contributed by atoms with van der Waals surface area (Å²) in [6.45, 7) is 8.66. The molecule has 1 aliphatic heterocycles. The summed E-state index contributed by atoms with van der Waals surface area (Å²) >= 11 is 0. The van der Waals surface area contributed by atoms with Gasteiger partial charge >= 0.3 is 0 Å². The molecule has 0 saturated carbocycles. The van der Waals surface area contributed by atoms with E-state index in [1.165, 1.54) is 16.8 Å². The van der Waals surface area contributed by atoms with Gasteiger partial charge in [0.1, 0.15) is 0 Å². The van der Waals surface area contributed by atoms with E-state index in [1.54, 1.807) is 0 Å². The van der Waals surface area contributed by atoms with E-state index in [2.05, 4.69) is 42.3 Å². The van der Waals surface area contributed by atoms with Gasteiger partial charge in [0.05, 0.1) is 19.8 Å². The van der Waals surface area contributed by atoms with Crippen molar-refractivity contribution in [2.45, 2.75) is 32.7 Å². The summed E-state index contributed by atoms with van der Waals surface area (Å²) in [5, 5.41) is 12.3. The molecule has 2 rings (SSSR count). The van der Waals surface area contributed by atoms with E-state index in [1.807, 2.05) is 0 Å². The van der Waals surface area contributed by atoms with Crippen molar-refractivity contribution in [3.05, 3.63) is 29.3 Å². The predicted octanol–water partition coefficient (Wildman–Crippen LogP) is 2.12. The Bertz CT molecular complexity index is 437. The smallest absolute Gasteiger partial charge is 0.0698 e. The first kappa shape index (κ1) is 16.3. The Morgan fingerprint density at radius 1 is 1.38 bits per heavy atom. The quantitative estimate of drug-likeness (QED) is 0.684. The molecule has 0 bridgehead atoms. The third-order valence-corrected chi connectivity index (χ3v) is 4.04. The minimum atomic E-state index is 0.0998. The maximum Gasteiger partial charge on any atom is 0.0698 e. The normalized spacial score (nSPS) is 15.3. The van der Waals surface area contributed by atoms with Crippen LogP contribution in [0.25, 0.3) is 0 Å². The van der Waals surface area contributed by atoms with Gasteiger partial charge in [0.2, 0.25) is 0 Å². The van der Waals surface area contributed by atoms with Crippen molar-refractivity contribution in [3.8, 4) is 0 Å². The van der Waals surface area contributed by atoms with Gasteiger partial charge in [-0.05, 0) is 43.5 Å². The van der Waals surface area contributed by atoms with Crippen LogP contribution < -0.4 is 10.2 Å². The topological polar surface area (TPSA) is 44.7 Å². The Hall–Kier alpha value is -1.10. The van der Waals surface area contributed by atoms with E-state index < -0.39 is 0 Å². The van der Waals surface area contributed by atoms with E-state index in [-0.39, 0.29) is 6.61 Å². The van der Waals surface area contributed by atoms with E-state index in [9.17, 15) is 0 Å². The highest BCUT2D eigenvalue weighted by atomic mass is 16.5. The van der Waals surface area contributed by atoms with Crippen molar-refractivity contribution in [1.82, 2.24) is 5.32 Å². The molecule has 1 unspecified atom stereocenters. The predicted molar refractivity (Wildman–Crippen MR) is 87.0 cm³/mol. The molecule has 4 heteroatoms. The Morgan fingerprint density at radius 2 is 2.24 bits per heavy atom. The molecule has 1 heterocycles. The van der Waals surface area contributed by atoms with Crippen LogP contribution in [0.3, 0.4) is 0 Å². The molecule has 1 aromatic rings. The van der Waals surface area contributed by atoms with Crippen LogP contribution in [0.2, 0.25) is 0 Å². The molecule has 21 heavy (non-hydrogen) atoms. The Morgan fingerprint density at radius 3 is 3.00 bits per heavy atom. The zero-order valence-corrected chi connectivity index (χ0v) is 13.3. The number of aliphatic hydroxyl groups is 1. The molecule has 118 valence electrons. The number of aliphatic hydroxyl groups excluding tert-OH is 1. The summed E-state index contributed by atoms with van der Waals surface area (Å²) in [6, 6.07) is 7.24. The molecular formula is C17H28N2O2. The van der Waals surface area contributed by atoms with E-state index in [0.717, 1.165) is 32.5 Å². The number of anilines is 1. The lowest BCUT2D eigenvalue weighted by atomic mass is 10.0. The van der Waals surface area contributed by atoms with Crippen molar-refractivity contribution < 1.29 is 9.84 Å². The zero-order chi connectivity index (χ0) is 15.1. The number of nitrogens with one attached hydrogen (secondary N) is 1.